The van der Waals surface area contributed by atoms with Crippen molar-refractivity contribution in [3.05, 3.63) is 0 Å². The number of ether oxygens (including phenoxy) is 1. The second kappa shape index (κ2) is 3.18. The Balaban J connectivity index is 3.80. The lowest BCUT2D eigenvalue weighted by atomic mass is 9.89. The van der Waals surface area contributed by atoms with Gasteiger partial charge in [-0.1, -0.05) is 13.8 Å². The monoisotopic (exact) mass is 132 g/mol. The van der Waals surface area contributed by atoms with Crippen molar-refractivity contribution >= 4 is 0 Å². The Bertz CT molecular complexity index is 79.0. The first kappa shape index (κ1) is 8.92. The van der Waals surface area contributed by atoms with Crippen molar-refractivity contribution in [2.45, 2.75) is 26.9 Å². The smallest absolute Gasteiger partial charge is 0.0616 e. The van der Waals surface area contributed by atoms with Crippen molar-refractivity contribution in [1.82, 2.24) is 0 Å². The van der Waals surface area contributed by atoms with Gasteiger partial charge in [0, 0.05) is 12.5 Å². The molecule has 1 atom stereocenters. The highest BCUT2D eigenvalue weighted by molar-refractivity contribution is 4.73. The van der Waals surface area contributed by atoms with Crippen molar-refractivity contribution < 1.29 is 9.84 Å². The highest BCUT2D eigenvalue weighted by atomic mass is 16.5. The predicted molar refractivity (Wildman–Crippen MR) is 37.3 cm³/mol. The molecule has 0 amide bonds. The van der Waals surface area contributed by atoms with E-state index in [1.807, 2.05) is 20.8 Å². The van der Waals surface area contributed by atoms with Crippen LogP contribution in [0.4, 0.5) is 0 Å². The maximum Gasteiger partial charge on any atom is 0.0616 e. The average molecular weight is 132 g/mol. The van der Waals surface area contributed by atoms with Gasteiger partial charge in [-0.05, 0) is 6.92 Å². The lowest BCUT2D eigenvalue weighted by Gasteiger charge is -2.27. The summed E-state index contributed by atoms with van der Waals surface area (Å²) in [6.45, 7) is 6.07. The predicted octanol–water partition coefficient (Wildman–Crippen LogP) is 1.04. The number of hydrogen-bond acceptors (Lipinski definition) is 2. The standard InChI is InChI=1S/C7H16O2/c1-6(9-4)7(2,3)5-8/h6,8H,5H2,1-4H3/t6-/m1/s1. The molecule has 2 heteroatoms. The maximum absolute atomic E-state index is 8.82. The molecule has 0 aliphatic heterocycles. The van der Waals surface area contributed by atoms with Crippen LogP contribution in [0.15, 0.2) is 0 Å². The van der Waals surface area contributed by atoms with Gasteiger partial charge >= 0.3 is 0 Å². The fraction of sp³-hybridized carbons (Fsp3) is 1.00. The molecule has 0 heterocycles. The van der Waals surface area contributed by atoms with Gasteiger partial charge in [0.1, 0.15) is 0 Å². The molecule has 0 radical (unpaired) electrons. The molecule has 56 valence electrons. The minimum Gasteiger partial charge on any atom is -0.396 e. The van der Waals surface area contributed by atoms with E-state index in [9.17, 15) is 0 Å². The molecular weight excluding hydrogens is 116 g/mol. The quantitative estimate of drug-likeness (QED) is 0.621. The summed E-state index contributed by atoms with van der Waals surface area (Å²) in [6.07, 6.45) is 0.113. The fourth-order valence-corrected chi connectivity index (χ4v) is 0.448. The third kappa shape index (κ3) is 2.33. The third-order valence-electron chi connectivity index (χ3n) is 1.86. The first-order valence-corrected chi connectivity index (χ1v) is 3.18. The summed E-state index contributed by atoms with van der Waals surface area (Å²) in [7, 11) is 1.65. The van der Waals surface area contributed by atoms with Gasteiger partial charge in [0.15, 0.2) is 0 Å². The summed E-state index contributed by atoms with van der Waals surface area (Å²) in [5, 5.41) is 8.82. The molecule has 0 saturated heterocycles. The Labute approximate surface area is 56.8 Å². The summed E-state index contributed by atoms with van der Waals surface area (Å²) >= 11 is 0. The summed E-state index contributed by atoms with van der Waals surface area (Å²) in [5.74, 6) is 0. The topological polar surface area (TPSA) is 29.5 Å². The molecule has 2 nitrogen and oxygen atoms in total. The molecule has 0 aromatic heterocycles. The van der Waals surface area contributed by atoms with Crippen LogP contribution in [0, 0.1) is 5.41 Å². The Morgan fingerprint density at radius 2 is 2.00 bits per heavy atom. The van der Waals surface area contributed by atoms with Crippen molar-refractivity contribution in [2.75, 3.05) is 13.7 Å². The fourth-order valence-electron chi connectivity index (χ4n) is 0.448. The lowest BCUT2D eigenvalue weighted by Crippen LogP contribution is -2.31. The van der Waals surface area contributed by atoms with Gasteiger partial charge in [0.25, 0.3) is 0 Å². The number of rotatable bonds is 3. The van der Waals surface area contributed by atoms with Gasteiger partial charge in [-0.25, -0.2) is 0 Å². The van der Waals surface area contributed by atoms with E-state index in [1.165, 1.54) is 0 Å². The molecule has 0 bridgehead atoms. The Kier molecular flexibility index (Phi) is 3.15. The minimum atomic E-state index is -0.116. The van der Waals surface area contributed by atoms with Crippen LogP contribution in [0.2, 0.25) is 0 Å². The molecule has 0 saturated carbocycles. The molecule has 0 aromatic carbocycles. The number of aliphatic hydroxyl groups is 1. The summed E-state index contributed by atoms with van der Waals surface area (Å²) < 4.78 is 5.05. The van der Waals surface area contributed by atoms with Gasteiger partial charge in [-0.3, -0.25) is 0 Å². The average Bonchev–Trinajstić information content (AvgIpc) is 1.86. The van der Waals surface area contributed by atoms with Crippen LogP contribution in [0.25, 0.3) is 0 Å². The lowest BCUT2D eigenvalue weighted by molar-refractivity contribution is -0.0115. The zero-order valence-electron chi connectivity index (χ0n) is 6.64. The molecule has 0 aromatic rings. The van der Waals surface area contributed by atoms with E-state index in [1.54, 1.807) is 7.11 Å². The molecule has 1 N–H and O–H groups in total. The van der Waals surface area contributed by atoms with E-state index >= 15 is 0 Å². The third-order valence-corrected chi connectivity index (χ3v) is 1.86. The van der Waals surface area contributed by atoms with Crippen LogP contribution in [-0.2, 0) is 4.74 Å². The van der Waals surface area contributed by atoms with E-state index in [0.29, 0.717) is 0 Å². The van der Waals surface area contributed by atoms with Crippen molar-refractivity contribution in [3.8, 4) is 0 Å². The zero-order valence-corrected chi connectivity index (χ0v) is 6.64. The maximum atomic E-state index is 8.82. The largest absolute Gasteiger partial charge is 0.396 e. The molecule has 0 fully saturated rings. The van der Waals surface area contributed by atoms with Gasteiger partial charge < -0.3 is 9.84 Å². The number of hydrogen-bond donors (Lipinski definition) is 1. The molecule has 0 unspecified atom stereocenters. The van der Waals surface area contributed by atoms with E-state index in [2.05, 4.69) is 0 Å². The minimum absolute atomic E-state index is 0.113. The molecular formula is C7H16O2. The second-order valence-electron chi connectivity index (χ2n) is 3.02. The number of methoxy groups -OCH3 is 1. The summed E-state index contributed by atoms with van der Waals surface area (Å²) in [4.78, 5) is 0. The van der Waals surface area contributed by atoms with Crippen LogP contribution >= 0.6 is 0 Å². The van der Waals surface area contributed by atoms with Crippen LogP contribution in [-0.4, -0.2) is 24.9 Å². The van der Waals surface area contributed by atoms with E-state index in [0.717, 1.165) is 0 Å². The molecule has 0 aliphatic carbocycles. The van der Waals surface area contributed by atoms with Crippen LogP contribution in [0.3, 0.4) is 0 Å². The van der Waals surface area contributed by atoms with Crippen molar-refractivity contribution in [2.24, 2.45) is 5.41 Å². The highest BCUT2D eigenvalue weighted by Gasteiger charge is 2.24. The van der Waals surface area contributed by atoms with E-state index in [-0.39, 0.29) is 18.1 Å². The zero-order chi connectivity index (χ0) is 7.49. The van der Waals surface area contributed by atoms with Gasteiger partial charge in [0.05, 0.1) is 12.7 Å². The second-order valence-corrected chi connectivity index (χ2v) is 3.02. The van der Waals surface area contributed by atoms with E-state index < -0.39 is 0 Å². The Morgan fingerprint density at radius 3 is 2.11 bits per heavy atom. The summed E-state index contributed by atoms with van der Waals surface area (Å²) in [6, 6.07) is 0. The van der Waals surface area contributed by atoms with Crippen LogP contribution in [0.5, 0.6) is 0 Å². The normalized spacial score (nSPS) is 15.7. The van der Waals surface area contributed by atoms with Gasteiger partial charge in [0.2, 0.25) is 0 Å². The first-order chi connectivity index (χ1) is 4.04. The van der Waals surface area contributed by atoms with Gasteiger partial charge in [-0.2, -0.15) is 0 Å². The van der Waals surface area contributed by atoms with Crippen molar-refractivity contribution in [3.63, 3.8) is 0 Å². The Hall–Kier alpha value is -0.0800. The van der Waals surface area contributed by atoms with Crippen LogP contribution < -0.4 is 0 Å². The van der Waals surface area contributed by atoms with Gasteiger partial charge in [-0.15, -0.1) is 0 Å². The first-order valence-electron chi connectivity index (χ1n) is 3.18. The SMILES string of the molecule is CO[C@H](C)C(C)(C)CO. The van der Waals surface area contributed by atoms with Crippen molar-refractivity contribution in [1.29, 1.82) is 0 Å². The highest BCUT2D eigenvalue weighted by Crippen LogP contribution is 2.20. The van der Waals surface area contributed by atoms with Crippen LogP contribution in [0.1, 0.15) is 20.8 Å². The molecule has 0 spiro atoms. The van der Waals surface area contributed by atoms with E-state index in [4.69, 9.17) is 9.84 Å². The number of aliphatic hydroxyl groups excluding tert-OH is 1. The summed E-state index contributed by atoms with van der Waals surface area (Å²) in [5.41, 5.74) is -0.116. The molecule has 0 aliphatic rings. The molecule has 9 heavy (non-hydrogen) atoms. The molecule has 0 rings (SSSR count). The Morgan fingerprint density at radius 1 is 1.56 bits per heavy atom.